The second-order valence-corrected chi connectivity index (χ2v) is 3.92. The second-order valence-electron chi connectivity index (χ2n) is 3.92. The van der Waals surface area contributed by atoms with Gasteiger partial charge in [0.25, 0.3) is 5.91 Å². The van der Waals surface area contributed by atoms with Gasteiger partial charge in [-0.2, -0.15) is 0 Å². The minimum Gasteiger partial charge on any atom is -0.480 e. The van der Waals surface area contributed by atoms with Gasteiger partial charge in [0.15, 0.2) is 11.5 Å². The predicted octanol–water partition coefficient (Wildman–Crippen LogP) is 1.65. The lowest BCUT2D eigenvalue weighted by molar-refractivity contribution is -0.137. The maximum atomic E-state index is 12.1. The van der Waals surface area contributed by atoms with Crippen LogP contribution >= 0.6 is 0 Å². The van der Waals surface area contributed by atoms with Gasteiger partial charge < -0.3 is 18.9 Å². The van der Waals surface area contributed by atoms with E-state index in [0.717, 1.165) is 4.90 Å². The van der Waals surface area contributed by atoms with Gasteiger partial charge in [-0.1, -0.05) is 11.2 Å². The molecule has 7 heteroatoms. The lowest BCUT2D eigenvalue weighted by Gasteiger charge is -2.16. The smallest absolute Gasteiger partial charge is 0.323 e. The Labute approximate surface area is 114 Å². The summed E-state index contributed by atoms with van der Waals surface area (Å²) in [7, 11) is 0. The Morgan fingerprint density at radius 2 is 2.25 bits per heavy atom. The Bertz CT molecular complexity index is 615. The first kappa shape index (κ1) is 13.6. The molecule has 2 aromatic heterocycles. The Morgan fingerprint density at radius 3 is 2.85 bits per heavy atom. The van der Waals surface area contributed by atoms with E-state index in [0.29, 0.717) is 11.5 Å². The summed E-state index contributed by atoms with van der Waals surface area (Å²) in [6, 6.07) is 4.74. The van der Waals surface area contributed by atoms with Crippen molar-refractivity contribution in [3.8, 4) is 11.5 Å². The van der Waals surface area contributed by atoms with E-state index in [2.05, 4.69) is 11.7 Å². The van der Waals surface area contributed by atoms with Crippen LogP contribution in [0.15, 0.2) is 46.1 Å². The summed E-state index contributed by atoms with van der Waals surface area (Å²) in [6.45, 7) is 3.15. The quantitative estimate of drug-likeness (QED) is 0.806. The SMILES string of the molecule is C=CCN(CC(=O)O)C(=O)c1cc(-c2ccco2)on1. The minimum absolute atomic E-state index is 0.0134. The largest absolute Gasteiger partial charge is 0.480 e. The molecule has 20 heavy (non-hydrogen) atoms. The van der Waals surface area contributed by atoms with Gasteiger partial charge in [-0.15, -0.1) is 6.58 Å². The van der Waals surface area contributed by atoms with E-state index in [1.165, 1.54) is 18.4 Å². The number of hydrogen-bond acceptors (Lipinski definition) is 5. The first-order chi connectivity index (χ1) is 9.61. The summed E-state index contributed by atoms with van der Waals surface area (Å²) in [4.78, 5) is 23.9. The van der Waals surface area contributed by atoms with Gasteiger partial charge in [0.2, 0.25) is 5.76 Å². The van der Waals surface area contributed by atoms with Crippen LogP contribution in [-0.2, 0) is 4.79 Å². The molecule has 0 fully saturated rings. The van der Waals surface area contributed by atoms with E-state index >= 15 is 0 Å². The zero-order valence-corrected chi connectivity index (χ0v) is 10.5. The zero-order valence-electron chi connectivity index (χ0n) is 10.5. The molecular weight excluding hydrogens is 264 g/mol. The molecule has 2 aromatic rings. The van der Waals surface area contributed by atoms with Crippen LogP contribution in [0.4, 0.5) is 0 Å². The maximum Gasteiger partial charge on any atom is 0.323 e. The molecule has 7 nitrogen and oxygen atoms in total. The number of rotatable bonds is 6. The summed E-state index contributed by atoms with van der Waals surface area (Å²) in [5.41, 5.74) is 0.0134. The van der Waals surface area contributed by atoms with Crippen LogP contribution < -0.4 is 0 Å². The van der Waals surface area contributed by atoms with E-state index in [1.807, 2.05) is 0 Å². The average molecular weight is 276 g/mol. The summed E-state index contributed by atoms with van der Waals surface area (Å²) < 4.78 is 10.1. The molecule has 0 aliphatic heterocycles. The number of hydrogen-bond donors (Lipinski definition) is 1. The Balaban J connectivity index is 2.19. The fraction of sp³-hybridized carbons (Fsp3) is 0.154. The highest BCUT2D eigenvalue weighted by atomic mass is 16.5. The van der Waals surface area contributed by atoms with Crippen LogP contribution in [-0.4, -0.2) is 40.1 Å². The third-order valence-electron chi connectivity index (χ3n) is 2.46. The molecule has 1 amide bonds. The number of carboxylic acids is 1. The molecule has 104 valence electrons. The molecule has 2 heterocycles. The van der Waals surface area contributed by atoms with Crippen LogP contribution in [0.25, 0.3) is 11.5 Å². The topological polar surface area (TPSA) is 96.8 Å². The van der Waals surface area contributed by atoms with Gasteiger partial charge in [-0.3, -0.25) is 9.59 Å². The van der Waals surface area contributed by atoms with Gasteiger partial charge in [-0.05, 0) is 12.1 Å². The summed E-state index contributed by atoms with van der Waals surface area (Å²) in [6.07, 6.45) is 2.90. The first-order valence-electron chi connectivity index (χ1n) is 5.74. The molecule has 0 saturated heterocycles. The van der Waals surface area contributed by atoms with Crippen molar-refractivity contribution in [1.29, 1.82) is 0 Å². The van der Waals surface area contributed by atoms with Gasteiger partial charge in [0.1, 0.15) is 6.54 Å². The fourth-order valence-electron chi connectivity index (χ4n) is 1.61. The van der Waals surface area contributed by atoms with E-state index in [9.17, 15) is 9.59 Å². The van der Waals surface area contributed by atoms with Gasteiger partial charge >= 0.3 is 5.97 Å². The highest BCUT2D eigenvalue weighted by Crippen LogP contribution is 2.21. The number of carbonyl (C=O) groups excluding carboxylic acids is 1. The van der Waals surface area contributed by atoms with Crippen molar-refractivity contribution < 1.29 is 23.6 Å². The zero-order chi connectivity index (χ0) is 14.5. The fourth-order valence-corrected chi connectivity index (χ4v) is 1.61. The maximum absolute atomic E-state index is 12.1. The molecule has 0 bridgehead atoms. The second kappa shape index (κ2) is 5.87. The van der Waals surface area contributed by atoms with Crippen molar-refractivity contribution in [1.82, 2.24) is 10.1 Å². The molecular formula is C13H12N2O5. The molecule has 2 rings (SSSR count). The third kappa shape index (κ3) is 2.94. The lowest BCUT2D eigenvalue weighted by atomic mass is 10.3. The van der Waals surface area contributed by atoms with Crippen molar-refractivity contribution in [2.45, 2.75) is 0 Å². The van der Waals surface area contributed by atoms with Gasteiger partial charge in [0.05, 0.1) is 6.26 Å². The molecule has 0 aliphatic rings. The summed E-state index contributed by atoms with van der Waals surface area (Å²) >= 11 is 0. The van der Waals surface area contributed by atoms with Crippen molar-refractivity contribution >= 4 is 11.9 Å². The van der Waals surface area contributed by atoms with Crippen LogP contribution in [0.3, 0.4) is 0 Å². The van der Waals surface area contributed by atoms with E-state index < -0.39 is 18.4 Å². The molecule has 0 aromatic carbocycles. The lowest BCUT2D eigenvalue weighted by Crippen LogP contribution is -2.35. The molecule has 0 aliphatic carbocycles. The van der Waals surface area contributed by atoms with Crippen LogP contribution in [0.1, 0.15) is 10.5 Å². The molecule has 0 saturated carbocycles. The Kier molecular flexibility index (Phi) is 3.99. The number of carbonyl (C=O) groups is 2. The third-order valence-corrected chi connectivity index (χ3v) is 2.46. The Morgan fingerprint density at radius 1 is 1.45 bits per heavy atom. The average Bonchev–Trinajstić information content (AvgIpc) is 3.07. The highest BCUT2D eigenvalue weighted by molar-refractivity contribution is 5.94. The van der Waals surface area contributed by atoms with Crippen molar-refractivity contribution in [3.05, 3.63) is 42.8 Å². The molecule has 0 atom stereocenters. The molecule has 0 radical (unpaired) electrons. The number of amides is 1. The summed E-state index contributed by atoms with van der Waals surface area (Å²) in [5, 5.41) is 12.4. The number of aromatic nitrogens is 1. The standard InChI is InChI=1S/C13H12N2O5/c1-2-5-15(8-12(16)17)13(18)9-7-11(20-14-9)10-4-3-6-19-10/h2-4,6-7H,1,5,8H2,(H,16,17). The van der Waals surface area contributed by atoms with Crippen molar-refractivity contribution in [2.24, 2.45) is 0 Å². The van der Waals surface area contributed by atoms with Crippen molar-refractivity contribution in [2.75, 3.05) is 13.1 Å². The number of furan rings is 1. The first-order valence-corrected chi connectivity index (χ1v) is 5.74. The minimum atomic E-state index is -1.12. The van der Waals surface area contributed by atoms with Crippen molar-refractivity contribution in [3.63, 3.8) is 0 Å². The highest BCUT2D eigenvalue weighted by Gasteiger charge is 2.22. The van der Waals surface area contributed by atoms with Gasteiger partial charge in [-0.25, -0.2) is 0 Å². The molecule has 1 N–H and O–H groups in total. The van der Waals surface area contributed by atoms with Crippen LogP contribution in [0.2, 0.25) is 0 Å². The van der Waals surface area contributed by atoms with E-state index in [4.69, 9.17) is 14.0 Å². The monoisotopic (exact) mass is 276 g/mol. The number of nitrogens with zero attached hydrogens (tertiary/aromatic N) is 2. The molecule has 0 unspecified atom stereocenters. The number of carboxylic acid groups (broad SMARTS) is 1. The van der Waals surface area contributed by atoms with E-state index in [-0.39, 0.29) is 12.2 Å². The predicted molar refractivity (Wildman–Crippen MR) is 67.9 cm³/mol. The van der Waals surface area contributed by atoms with Crippen LogP contribution in [0, 0.1) is 0 Å². The summed E-state index contributed by atoms with van der Waals surface area (Å²) in [5.74, 6) is -0.930. The Hall–Kier alpha value is -2.83. The molecule has 0 spiro atoms. The van der Waals surface area contributed by atoms with E-state index in [1.54, 1.807) is 12.1 Å². The van der Waals surface area contributed by atoms with Gasteiger partial charge in [0, 0.05) is 12.6 Å². The van der Waals surface area contributed by atoms with Crippen LogP contribution in [0.5, 0.6) is 0 Å². The normalized spacial score (nSPS) is 10.2. The number of aliphatic carboxylic acids is 1.